The summed E-state index contributed by atoms with van der Waals surface area (Å²) in [6.07, 6.45) is 1.30. The molecule has 1 heterocycles. The smallest absolute Gasteiger partial charge is 0.408 e. The Kier molecular flexibility index (Phi) is 12.4. The van der Waals surface area contributed by atoms with Crippen LogP contribution >= 0.6 is 0 Å². The molecule has 8 heteroatoms. The number of amides is 2. The van der Waals surface area contributed by atoms with Gasteiger partial charge in [-0.15, -0.1) is 0 Å². The van der Waals surface area contributed by atoms with Crippen molar-refractivity contribution < 1.29 is 28.7 Å². The first-order valence-electron chi connectivity index (χ1n) is 17.7. The quantitative estimate of drug-likeness (QED) is 0.197. The molecule has 1 aliphatic heterocycles. The van der Waals surface area contributed by atoms with E-state index in [2.05, 4.69) is 10.6 Å². The van der Waals surface area contributed by atoms with Crippen LogP contribution in [0.15, 0.2) is 103 Å². The molecule has 266 valence electrons. The number of aryl methyl sites for hydroxylation is 3. The third-order valence-corrected chi connectivity index (χ3v) is 8.92. The summed E-state index contributed by atoms with van der Waals surface area (Å²) in [6.45, 7) is 7.29. The Balaban J connectivity index is 1.48. The third-order valence-electron chi connectivity index (χ3n) is 8.92. The van der Waals surface area contributed by atoms with E-state index in [9.17, 15) is 19.2 Å². The first-order valence-corrected chi connectivity index (χ1v) is 17.7. The SMILES string of the molecule is Cc1ccc(CCC(=O)[C@@H]2Cc3cccc(c3)Oc3cccc(c3)C[C@H](NC(=O)OC(C)(C)C)C(=O)C[C@@H](CCc3ccccc3)C(=O)N2)cc1. The molecule has 5 rings (SSSR count). The topological polar surface area (TPSA) is 111 Å². The van der Waals surface area contributed by atoms with E-state index in [1.807, 2.05) is 110 Å². The van der Waals surface area contributed by atoms with Crippen LogP contribution in [0.4, 0.5) is 4.79 Å². The number of hydrogen-bond acceptors (Lipinski definition) is 6. The fraction of sp³-hybridized carbons (Fsp3) is 0.349. The zero-order chi connectivity index (χ0) is 36.4. The first-order chi connectivity index (χ1) is 24.4. The van der Waals surface area contributed by atoms with Crippen LogP contribution in [0.2, 0.25) is 0 Å². The molecule has 4 aromatic rings. The van der Waals surface area contributed by atoms with Crippen molar-refractivity contribution in [1.29, 1.82) is 0 Å². The van der Waals surface area contributed by atoms with E-state index in [0.29, 0.717) is 30.8 Å². The molecule has 4 bridgehead atoms. The van der Waals surface area contributed by atoms with Crippen LogP contribution in [0, 0.1) is 12.8 Å². The number of rotatable bonds is 8. The molecule has 2 N–H and O–H groups in total. The van der Waals surface area contributed by atoms with Gasteiger partial charge in [0.1, 0.15) is 17.1 Å². The number of benzene rings is 4. The summed E-state index contributed by atoms with van der Waals surface area (Å²) in [5.74, 6) is -0.372. The predicted molar refractivity (Wildman–Crippen MR) is 198 cm³/mol. The van der Waals surface area contributed by atoms with E-state index in [0.717, 1.165) is 27.8 Å². The highest BCUT2D eigenvalue weighted by molar-refractivity contribution is 5.94. The molecule has 2 amide bonds. The van der Waals surface area contributed by atoms with Gasteiger partial charge in [0.05, 0.1) is 12.1 Å². The van der Waals surface area contributed by atoms with Crippen molar-refractivity contribution in [2.45, 2.75) is 90.3 Å². The van der Waals surface area contributed by atoms with Gasteiger partial charge in [-0.25, -0.2) is 4.79 Å². The molecule has 4 aromatic carbocycles. The minimum Gasteiger partial charge on any atom is -0.457 e. The van der Waals surface area contributed by atoms with Crippen LogP contribution < -0.4 is 15.4 Å². The third kappa shape index (κ3) is 11.7. The summed E-state index contributed by atoms with van der Waals surface area (Å²) in [6, 6.07) is 31.0. The molecule has 0 radical (unpaired) electrons. The van der Waals surface area contributed by atoms with Gasteiger partial charge in [0.2, 0.25) is 5.91 Å². The van der Waals surface area contributed by atoms with Gasteiger partial charge in [-0.3, -0.25) is 14.4 Å². The summed E-state index contributed by atoms with van der Waals surface area (Å²) in [5, 5.41) is 5.84. The Hall–Kier alpha value is -5.24. The van der Waals surface area contributed by atoms with Crippen molar-refractivity contribution in [2.75, 3.05) is 0 Å². The number of alkyl carbamates (subject to hydrolysis) is 1. The maximum atomic E-state index is 14.2. The number of Topliss-reactive ketones (excluding diaryl/α,β-unsaturated/α-hetero) is 2. The van der Waals surface area contributed by atoms with Gasteiger partial charge in [0, 0.05) is 25.2 Å². The molecular weight excluding hydrogens is 640 g/mol. The second-order valence-electron chi connectivity index (χ2n) is 14.4. The largest absolute Gasteiger partial charge is 0.457 e. The molecule has 51 heavy (non-hydrogen) atoms. The summed E-state index contributed by atoms with van der Waals surface area (Å²) in [7, 11) is 0. The Morgan fingerprint density at radius 1 is 0.784 bits per heavy atom. The predicted octanol–water partition coefficient (Wildman–Crippen LogP) is 7.67. The van der Waals surface area contributed by atoms with Gasteiger partial charge < -0.3 is 20.1 Å². The summed E-state index contributed by atoms with van der Waals surface area (Å²) in [4.78, 5) is 55.3. The normalized spacial score (nSPS) is 18.2. The number of nitrogens with one attached hydrogen (secondary N) is 2. The Bertz CT molecular complexity index is 1810. The Labute approximate surface area is 301 Å². The molecule has 3 atom stereocenters. The lowest BCUT2D eigenvalue weighted by Gasteiger charge is -2.26. The van der Waals surface area contributed by atoms with E-state index < -0.39 is 29.7 Å². The second kappa shape index (κ2) is 17.1. The van der Waals surface area contributed by atoms with Gasteiger partial charge >= 0.3 is 6.09 Å². The zero-order valence-corrected chi connectivity index (χ0v) is 29.9. The van der Waals surface area contributed by atoms with Crippen LogP contribution in [0.25, 0.3) is 0 Å². The highest BCUT2D eigenvalue weighted by atomic mass is 16.6. The standard InChI is InChI=1S/C43H48N2O6/c1-29-16-18-31(19-17-29)21-23-39(46)37-26-32-12-8-14-35(24-32)50-36-15-9-13-33(25-36)27-38(45-42(49)51-43(2,3)4)40(47)28-34(41(48)44-37)22-20-30-10-6-5-7-11-30/h5-19,24-25,34,37-38H,20-23,26-28H2,1-4H3,(H,44,48)(H,45,49)/t34-,37+,38+/m1/s1. The number of fused-ring (bicyclic) bond motifs is 4. The van der Waals surface area contributed by atoms with E-state index >= 15 is 0 Å². The Morgan fingerprint density at radius 2 is 1.41 bits per heavy atom. The van der Waals surface area contributed by atoms with Crippen LogP contribution in [0.5, 0.6) is 11.5 Å². The van der Waals surface area contributed by atoms with E-state index in [1.165, 1.54) is 0 Å². The minimum absolute atomic E-state index is 0.0957. The highest BCUT2D eigenvalue weighted by Gasteiger charge is 2.32. The molecule has 0 saturated carbocycles. The minimum atomic E-state index is -0.967. The average Bonchev–Trinajstić information content (AvgIpc) is 3.08. The number of ether oxygens (including phenoxy) is 2. The molecule has 0 unspecified atom stereocenters. The molecule has 0 spiro atoms. The van der Waals surface area contributed by atoms with Crippen LogP contribution in [-0.4, -0.2) is 41.3 Å². The van der Waals surface area contributed by atoms with Crippen molar-refractivity contribution in [2.24, 2.45) is 5.92 Å². The van der Waals surface area contributed by atoms with Gasteiger partial charge in [-0.1, -0.05) is 84.4 Å². The molecule has 1 aliphatic rings. The van der Waals surface area contributed by atoms with Gasteiger partial charge in [0.15, 0.2) is 11.6 Å². The number of carbonyl (C=O) groups is 4. The number of hydrogen-bond donors (Lipinski definition) is 2. The van der Waals surface area contributed by atoms with Crippen molar-refractivity contribution in [3.8, 4) is 11.5 Å². The maximum Gasteiger partial charge on any atom is 0.408 e. The lowest BCUT2D eigenvalue weighted by Crippen LogP contribution is -2.48. The van der Waals surface area contributed by atoms with Gasteiger partial charge in [0.25, 0.3) is 0 Å². The van der Waals surface area contributed by atoms with Crippen LogP contribution in [-0.2, 0) is 44.8 Å². The molecule has 0 aromatic heterocycles. The lowest BCUT2D eigenvalue weighted by molar-refractivity contribution is -0.133. The number of ketones is 2. The van der Waals surface area contributed by atoms with E-state index in [4.69, 9.17) is 9.47 Å². The summed E-state index contributed by atoms with van der Waals surface area (Å²) >= 11 is 0. The summed E-state index contributed by atoms with van der Waals surface area (Å²) < 4.78 is 11.7. The lowest BCUT2D eigenvalue weighted by atomic mass is 9.89. The van der Waals surface area contributed by atoms with Crippen LogP contribution in [0.3, 0.4) is 0 Å². The highest BCUT2D eigenvalue weighted by Crippen LogP contribution is 2.26. The summed E-state index contributed by atoms with van der Waals surface area (Å²) in [5.41, 5.74) is 4.06. The number of carbonyl (C=O) groups excluding carboxylic acids is 4. The molecule has 0 aliphatic carbocycles. The van der Waals surface area contributed by atoms with Crippen molar-refractivity contribution >= 4 is 23.6 Å². The molecular formula is C43H48N2O6. The van der Waals surface area contributed by atoms with Crippen molar-refractivity contribution in [3.63, 3.8) is 0 Å². The second-order valence-corrected chi connectivity index (χ2v) is 14.4. The zero-order valence-electron chi connectivity index (χ0n) is 29.9. The van der Waals surface area contributed by atoms with Gasteiger partial charge in [-0.05, 0) is 99.9 Å². The van der Waals surface area contributed by atoms with Gasteiger partial charge in [-0.2, -0.15) is 0 Å². The van der Waals surface area contributed by atoms with Crippen molar-refractivity contribution in [3.05, 3.63) is 131 Å². The van der Waals surface area contributed by atoms with Crippen molar-refractivity contribution in [1.82, 2.24) is 10.6 Å². The van der Waals surface area contributed by atoms with E-state index in [1.54, 1.807) is 20.8 Å². The maximum absolute atomic E-state index is 14.2. The van der Waals surface area contributed by atoms with E-state index in [-0.39, 0.29) is 43.2 Å². The monoisotopic (exact) mass is 688 g/mol. The fourth-order valence-corrected chi connectivity index (χ4v) is 6.20. The average molecular weight is 689 g/mol. The fourth-order valence-electron chi connectivity index (χ4n) is 6.20. The molecule has 8 nitrogen and oxygen atoms in total. The first kappa shape index (κ1) is 37.0. The Morgan fingerprint density at radius 3 is 2.06 bits per heavy atom. The van der Waals surface area contributed by atoms with Crippen LogP contribution in [0.1, 0.15) is 67.9 Å². The molecule has 0 saturated heterocycles. The molecule has 0 fully saturated rings.